The number of hydrogen-bond acceptors (Lipinski definition) is 6. The lowest BCUT2D eigenvalue weighted by Gasteiger charge is -2.28. The number of amides is 1. The third-order valence-electron chi connectivity index (χ3n) is 4.37. The van der Waals surface area contributed by atoms with E-state index in [1.807, 2.05) is 0 Å². The molecule has 134 valence electrons. The van der Waals surface area contributed by atoms with E-state index in [0.29, 0.717) is 22.8 Å². The molecule has 2 aromatic rings. The van der Waals surface area contributed by atoms with Gasteiger partial charge in [0.25, 0.3) is 11.6 Å². The zero-order chi connectivity index (χ0) is 17.2. The molecule has 1 heterocycles. The van der Waals surface area contributed by atoms with Crippen molar-refractivity contribution in [2.75, 3.05) is 6.54 Å². The summed E-state index contributed by atoms with van der Waals surface area (Å²) in [7, 11) is 0. The molecule has 1 aromatic heterocycles. The smallest absolute Gasteiger partial charge is 0.271 e. The van der Waals surface area contributed by atoms with Crippen LogP contribution in [0.5, 0.6) is 0 Å². The molecule has 0 atom stereocenters. The molecule has 1 aromatic carbocycles. The van der Waals surface area contributed by atoms with Crippen LogP contribution in [-0.2, 0) is 0 Å². The minimum absolute atomic E-state index is 0. The fraction of sp³-hybridized carbons (Fsp3) is 0.375. The Morgan fingerprint density at radius 1 is 1.40 bits per heavy atom. The maximum Gasteiger partial charge on any atom is 0.271 e. The molecule has 0 aliphatic heterocycles. The Hall–Kier alpha value is -2.03. The summed E-state index contributed by atoms with van der Waals surface area (Å²) in [5.41, 5.74) is 6.46. The summed E-state index contributed by atoms with van der Waals surface area (Å²) in [6, 6.07) is 6.23. The minimum atomic E-state index is -0.449. The first-order valence-electron chi connectivity index (χ1n) is 7.76. The fourth-order valence-electron chi connectivity index (χ4n) is 3.00. The molecular weight excluding hydrogens is 364 g/mol. The van der Waals surface area contributed by atoms with Crippen LogP contribution < -0.4 is 11.1 Å². The third-order valence-corrected chi connectivity index (χ3v) is 5.26. The van der Waals surface area contributed by atoms with Crippen molar-refractivity contribution >= 4 is 35.3 Å². The average molecular weight is 383 g/mol. The van der Waals surface area contributed by atoms with E-state index >= 15 is 0 Å². The zero-order valence-electron chi connectivity index (χ0n) is 13.4. The first-order chi connectivity index (χ1) is 11.5. The second kappa shape index (κ2) is 7.90. The van der Waals surface area contributed by atoms with E-state index in [1.165, 1.54) is 23.5 Å². The van der Waals surface area contributed by atoms with Crippen LogP contribution in [0.3, 0.4) is 0 Å². The minimum Gasteiger partial charge on any atom is -0.344 e. The van der Waals surface area contributed by atoms with E-state index in [9.17, 15) is 14.9 Å². The predicted octanol–water partition coefficient (Wildman–Crippen LogP) is 3.14. The number of nitrogens with one attached hydrogen (secondary N) is 1. The van der Waals surface area contributed by atoms with Gasteiger partial charge in [-0.2, -0.15) is 0 Å². The quantitative estimate of drug-likeness (QED) is 0.609. The molecule has 0 saturated heterocycles. The van der Waals surface area contributed by atoms with E-state index in [4.69, 9.17) is 5.73 Å². The number of nitro benzene ring substituents is 1. The zero-order valence-corrected chi connectivity index (χ0v) is 15.1. The lowest BCUT2D eigenvalue weighted by Crippen LogP contribution is -2.51. The van der Waals surface area contributed by atoms with Gasteiger partial charge in [0, 0.05) is 29.6 Å². The van der Waals surface area contributed by atoms with Crippen molar-refractivity contribution in [2.45, 2.75) is 31.2 Å². The molecule has 1 saturated carbocycles. The number of nitrogens with two attached hydrogens (primary N) is 1. The summed E-state index contributed by atoms with van der Waals surface area (Å²) >= 11 is 1.29. The SMILES string of the molecule is Cl.NCC1(NC(=O)c2csc(-c3cccc([N+](=O)[O-])c3)n2)CCCC1. The van der Waals surface area contributed by atoms with E-state index in [0.717, 1.165) is 25.7 Å². The van der Waals surface area contributed by atoms with Gasteiger partial charge in [-0.15, -0.1) is 23.7 Å². The molecule has 0 unspecified atom stereocenters. The van der Waals surface area contributed by atoms with Gasteiger partial charge in [0.15, 0.2) is 0 Å². The number of nitrogens with zero attached hydrogens (tertiary/aromatic N) is 2. The molecule has 1 aliphatic carbocycles. The number of hydrogen-bond donors (Lipinski definition) is 2. The van der Waals surface area contributed by atoms with Gasteiger partial charge >= 0.3 is 0 Å². The predicted molar refractivity (Wildman–Crippen MR) is 99.2 cm³/mol. The van der Waals surface area contributed by atoms with E-state index in [1.54, 1.807) is 17.5 Å². The van der Waals surface area contributed by atoms with Crippen LogP contribution in [0.1, 0.15) is 36.2 Å². The Kier molecular flexibility index (Phi) is 6.10. The monoisotopic (exact) mass is 382 g/mol. The summed E-state index contributed by atoms with van der Waals surface area (Å²) < 4.78 is 0. The van der Waals surface area contributed by atoms with Crippen LogP contribution in [0.4, 0.5) is 5.69 Å². The lowest BCUT2D eigenvalue weighted by molar-refractivity contribution is -0.384. The topological polar surface area (TPSA) is 111 Å². The number of halogens is 1. The molecule has 1 fully saturated rings. The summed E-state index contributed by atoms with van der Waals surface area (Å²) in [5.74, 6) is -0.240. The first-order valence-corrected chi connectivity index (χ1v) is 8.64. The van der Waals surface area contributed by atoms with Gasteiger partial charge in [0.05, 0.1) is 10.5 Å². The van der Waals surface area contributed by atoms with E-state index in [-0.39, 0.29) is 29.5 Å². The number of carbonyl (C=O) groups is 1. The molecule has 0 spiro atoms. The highest BCUT2D eigenvalue weighted by Gasteiger charge is 2.34. The van der Waals surface area contributed by atoms with Crippen LogP contribution in [0, 0.1) is 10.1 Å². The number of aromatic nitrogens is 1. The number of thiazole rings is 1. The Labute approximate surface area is 155 Å². The van der Waals surface area contributed by atoms with E-state index < -0.39 is 4.92 Å². The fourth-order valence-corrected chi connectivity index (χ4v) is 3.80. The number of non-ortho nitro benzene ring substituents is 1. The molecule has 3 N–H and O–H groups in total. The second-order valence-electron chi connectivity index (χ2n) is 5.99. The molecular formula is C16H19ClN4O3S. The highest BCUT2D eigenvalue weighted by molar-refractivity contribution is 7.13. The average Bonchev–Trinajstić information content (AvgIpc) is 3.25. The van der Waals surface area contributed by atoms with Gasteiger partial charge in [-0.25, -0.2) is 4.98 Å². The summed E-state index contributed by atoms with van der Waals surface area (Å²) in [5, 5.41) is 16.1. The van der Waals surface area contributed by atoms with Crippen LogP contribution in [0.15, 0.2) is 29.6 Å². The van der Waals surface area contributed by atoms with Gasteiger partial charge in [-0.1, -0.05) is 25.0 Å². The van der Waals surface area contributed by atoms with Crippen LogP contribution in [0.2, 0.25) is 0 Å². The van der Waals surface area contributed by atoms with Crippen molar-refractivity contribution in [3.63, 3.8) is 0 Å². The molecule has 0 bridgehead atoms. The highest BCUT2D eigenvalue weighted by Crippen LogP contribution is 2.30. The number of nitro groups is 1. The standard InChI is InChI=1S/C16H18N4O3S.ClH/c17-10-16(6-1-2-7-16)19-14(21)13-9-24-15(18-13)11-4-3-5-12(8-11)20(22)23;/h3-5,8-9H,1-2,6-7,10,17H2,(H,19,21);1H. The van der Waals surface area contributed by atoms with Crippen molar-refractivity contribution in [1.29, 1.82) is 0 Å². The number of benzene rings is 1. The van der Waals surface area contributed by atoms with Crippen LogP contribution in [0.25, 0.3) is 10.6 Å². The van der Waals surface area contributed by atoms with Crippen LogP contribution >= 0.6 is 23.7 Å². The van der Waals surface area contributed by atoms with Crippen molar-refractivity contribution in [1.82, 2.24) is 10.3 Å². The maximum atomic E-state index is 12.5. The molecule has 3 rings (SSSR count). The van der Waals surface area contributed by atoms with Crippen molar-refractivity contribution in [3.8, 4) is 10.6 Å². The maximum absolute atomic E-state index is 12.5. The summed E-state index contributed by atoms with van der Waals surface area (Å²) in [4.78, 5) is 27.2. The molecule has 0 radical (unpaired) electrons. The van der Waals surface area contributed by atoms with E-state index in [2.05, 4.69) is 10.3 Å². The Morgan fingerprint density at radius 2 is 2.12 bits per heavy atom. The highest BCUT2D eigenvalue weighted by atomic mass is 35.5. The van der Waals surface area contributed by atoms with Crippen molar-refractivity contribution in [2.24, 2.45) is 5.73 Å². The molecule has 1 amide bonds. The number of carbonyl (C=O) groups excluding carboxylic acids is 1. The van der Waals surface area contributed by atoms with Crippen LogP contribution in [-0.4, -0.2) is 27.9 Å². The van der Waals surface area contributed by atoms with Gasteiger partial charge in [-0.3, -0.25) is 14.9 Å². The van der Waals surface area contributed by atoms with Gasteiger partial charge < -0.3 is 11.1 Å². The Balaban J connectivity index is 0.00000225. The molecule has 1 aliphatic rings. The van der Waals surface area contributed by atoms with Crippen molar-refractivity contribution in [3.05, 3.63) is 45.5 Å². The van der Waals surface area contributed by atoms with Gasteiger partial charge in [-0.05, 0) is 12.8 Å². The molecule has 7 nitrogen and oxygen atoms in total. The summed E-state index contributed by atoms with van der Waals surface area (Å²) in [6.45, 7) is 0.417. The van der Waals surface area contributed by atoms with Gasteiger partial charge in [0.2, 0.25) is 0 Å². The molecule has 25 heavy (non-hydrogen) atoms. The third kappa shape index (κ3) is 4.15. The lowest BCUT2D eigenvalue weighted by atomic mass is 9.98. The second-order valence-corrected chi connectivity index (χ2v) is 6.85. The Bertz CT molecular complexity index is 774. The number of rotatable bonds is 5. The first kappa shape index (κ1) is 19.3. The normalized spacial score (nSPS) is 15.4. The summed E-state index contributed by atoms with van der Waals surface area (Å²) in [6.07, 6.45) is 3.90. The largest absolute Gasteiger partial charge is 0.344 e. The Morgan fingerprint density at radius 3 is 2.76 bits per heavy atom. The molecule has 9 heteroatoms. The van der Waals surface area contributed by atoms with Gasteiger partial charge in [0.1, 0.15) is 10.7 Å². The van der Waals surface area contributed by atoms with Crippen molar-refractivity contribution < 1.29 is 9.72 Å².